The third kappa shape index (κ3) is 3.88. The number of nitrogens with one attached hydrogen (secondary N) is 2. The Morgan fingerprint density at radius 1 is 1.52 bits per heavy atom. The molecule has 1 aliphatic carbocycles. The molecule has 0 radical (unpaired) electrons. The summed E-state index contributed by atoms with van der Waals surface area (Å²) in [5, 5.41) is 10.9. The van der Waals surface area contributed by atoms with Gasteiger partial charge in [0.15, 0.2) is 0 Å². The number of likely N-dealkylation sites (tertiary alicyclic amines) is 1. The summed E-state index contributed by atoms with van der Waals surface area (Å²) in [6.07, 6.45) is 11.9. The number of hydrogen-bond acceptors (Lipinski definition) is 5. The number of rotatable bonds is 7. The number of nitrogens with two attached hydrogens (primary N) is 1. The third-order valence-corrected chi connectivity index (χ3v) is 5.56. The molecule has 2 heterocycles. The Kier molecular flexibility index (Phi) is 5.45. The molecule has 2 aliphatic heterocycles. The fourth-order valence-electron chi connectivity index (χ4n) is 4.14. The van der Waals surface area contributed by atoms with Gasteiger partial charge in [0.1, 0.15) is 0 Å². The van der Waals surface area contributed by atoms with Crippen molar-refractivity contribution in [3.05, 3.63) is 48.4 Å². The van der Waals surface area contributed by atoms with Crippen molar-refractivity contribution in [2.75, 3.05) is 26.2 Å². The number of allylic oxidation sites excluding steroid dienone is 3. The van der Waals surface area contributed by atoms with Crippen molar-refractivity contribution < 1.29 is 4.74 Å². The average molecular weight is 342 g/mol. The monoisotopic (exact) mass is 342 g/mol. The van der Waals surface area contributed by atoms with E-state index >= 15 is 0 Å². The first-order chi connectivity index (χ1) is 12.1. The smallest absolute Gasteiger partial charge is 0.0880 e. The average Bonchev–Trinajstić information content (AvgIpc) is 3.26. The van der Waals surface area contributed by atoms with Crippen LogP contribution in [0.2, 0.25) is 0 Å². The highest BCUT2D eigenvalue weighted by Crippen LogP contribution is 2.41. The van der Waals surface area contributed by atoms with Crippen LogP contribution in [0.25, 0.3) is 0 Å². The lowest BCUT2D eigenvalue weighted by atomic mass is 9.94. The van der Waals surface area contributed by atoms with Gasteiger partial charge in [-0.2, -0.15) is 0 Å². The summed E-state index contributed by atoms with van der Waals surface area (Å²) in [5.41, 5.74) is 8.73. The van der Waals surface area contributed by atoms with E-state index < -0.39 is 0 Å². The summed E-state index contributed by atoms with van der Waals surface area (Å²) in [6.45, 7) is 11.4. The summed E-state index contributed by atoms with van der Waals surface area (Å²) in [5.74, 6) is 0.391. The minimum atomic E-state index is -0.0613. The molecule has 0 bridgehead atoms. The molecule has 4 N–H and O–H groups in total. The maximum atomic E-state index is 7.40. The standard InChI is InChI=1S/C20H30N4O/c1-15(11-21)24-14-20(7-4-8-25-20)10-19(24)16(2)23-13-18-6-3-5-17(9-18)12-22/h3,5,9,12,18-19,22-23H,1-2,4,6-8,10-11,13-14,21H2. The molecule has 136 valence electrons. The molecule has 0 aromatic heterocycles. The third-order valence-electron chi connectivity index (χ3n) is 5.56. The molecule has 2 saturated heterocycles. The van der Waals surface area contributed by atoms with Gasteiger partial charge in [-0.05, 0) is 30.8 Å². The summed E-state index contributed by atoms with van der Waals surface area (Å²) < 4.78 is 6.09. The highest BCUT2D eigenvalue weighted by Gasteiger charge is 2.47. The van der Waals surface area contributed by atoms with E-state index in [1.807, 2.05) is 6.08 Å². The Balaban J connectivity index is 1.63. The number of ether oxygens (including phenoxy) is 1. The van der Waals surface area contributed by atoms with E-state index in [1.54, 1.807) is 0 Å². The van der Waals surface area contributed by atoms with Crippen LogP contribution in [0, 0.1) is 11.3 Å². The van der Waals surface area contributed by atoms with Crippen molar-refractivity contribution in [3.8, 4) is 0 Å². The number of hydrogen-bond donors (Lipinski definition) is 3. The van der Waals surface area contributed by atoms with Crippen LogP contribution in [-0.2, 0) is 4.74 Å². The predicted octanol–water partition coefficient (Wildman–Crippen LogP) is 2.34. The topological polar surface area (TPSA) is 74.4 Å². The van der Waals surface area contributed by atoms with Gasteiger partial charge in [0.25, 0.3) is 0 Å². The molecule has 0 aromatic carbocycles. The van der Waals surface area contributed by atoms with E-state index in [4.69, 9.17) is 15.9 Å². The van der Waals surface area contributed by atoms with Crippen LogP contribution >= 0.6 is 0 Å². The molecule has 3 unspecified atom stereocenters. The van der Waals surface area contributed by atoms with Gasteiger partial charge < -0.3 is 26.1 Å². The molecule has 0 saturated carbocycles. The van der Waals surface area contributed by atoms with Crippen LogP contribution in [0.5, 0.6) is 0 Å². The summed E-state index contributed by atoms with van der Waals surface area (Å²) in [4.78, 5) is 2.28. The van der Waals surface area contributed by atoms with Crippen LogP contribution < -0.4 is 11.1 Å². The maximum Gasteiger partial charge on any atom is 0.0880 e. The van der Waals surface area contributed by atoms with Crippen LogP contribution in [0.3, 0.4) is 0 Å². The van der Waals surface area contributed by atoms with Crippen LogP contribution in [0.4, 0.5) is 0 Å². The molecule has 2 fully saturated rings. The molecule has 3 rings (SSSR count). The molecule has 1 spiro atoms. The van der Waals surface area contributed by atoms with E-state index in [9.17, 15) is 0 Å². The van der Waals surface area contributed by atoms with Crippen molar-refractivity contribution in [3.63, 3.8) is 0 Å². The highest BCUT2D eigenvalue weighted by molar-refractivity contribution is 5.80. The normalized spacial score (nSPS) is 31.2. The quantitative estimate of drug-likeness (QED) is 0.621. The van der Waals surface area contributed by atoms with Crippen molar-refractivity contribution in [1.29, 1.82) is 5.41 Å². The summed E-state index contributed by atoms with van der Waals surface area (Å²) in [7, 11) is 0. The lowest BCUT2D eigenvalue weighted by Gasteiger charge is -2.30. The molecule has 25 heavy (non-hydrogen) atoms. The fourth-order valence-corrected chi connectivity index (χ4v) is 4.14. The number of nitrogens with zero attached hydrogens (tertiary/aromatic N) is 1. The van der Waals surface area contributed by atoms with Gasteiger partial charge in [-0.25, -0.2) is 0 Å². The molecule has 5 nitrogen and oxygen atoms in total. The maximum absolute atomic E-state index is 7.40. The molecule has 5 heteroatoms. The van der Waals surface area contributed by atoms with E-state index in [0.717, 1.165) is 62.3 Å². The van der Waals surface area contributed by atoms with Crippen LogP contribution in [0.1, 0.15) is 25.7 Å². The van der Waals surface area contributed by atoms with Gasteiger partial charge in [0, 0.05) is 50.3 Å². The highest BCUT2D eigenvalue weighted by atomic mass is 16.5. The van der Waals surface area contributed by atoms with Gasteiger partial charge in [0.2, 0.25) is 0 Å². The second-order valence-corrected chi connectivity index (χ2v) is 7.37. The minimum Gasteiger partial charge on any atom is -0.387 e. The zero-order valence-corrected chi connectivity index (χ0v) is 15.0. The van der Waals surface area contributed by atoms with Gasteiger partial charge >= 0.3 is 0 Å². The zero-order chi connectivity index (χ0) is 17.9. The van der Waals surface area contributed by atoms with E-state index in [1.165, 1.54) is 6.21 Å². The molecule has 0 aromatic rings. The molecule has 3 atom stereocenters. The Hall–Kier alpha value is -1.85. The van der Waals surface area contributed by atoms with Crippen molar-refractivity contribution >= 4 is 6.21 Å². The van der Waals surface area contributed by atoms with Crippen molar-refractivity contribution in [2.45, 2.75) is 37.3 Å². The Bertz CT molecular complexity index is 601. The lowest BCUT2D eigenvalue weighted by Crippen LogP contribution is -2.38. The Labute approximate surface area is 150 Å². The lowest BCUT2D eigenvalue weighted by molar-refractivity contribution is 0.0147. The molecular formula is C20H30N4O. The molecular weight excluding hydrogens is 312 g/mol. The van der Waals surface area contributed by atoms with Gasteiger partial charge in [-0.15, -0.1) is 0 Å². The van der Waals surface area contributed by atoms with E-state index in [0.29, 0.717) is 12.5 Å². The first-order valence-electron chi connectivity index (χ1n) is 9.17. The SMILES string of the molecule is C=C(NCC1C=C(C=N)C=CC1)C1CC2(CCCO2)CN1C(=C)CN. The fraction of sp³-hybridized carbons (Fsp3) is 0.550. The van der Waals surface area contributed by atoms with Crippen molar-refractivity contribution in [1.82, 2.24) is 10.2 Å². The first kappa shape index (κ1) is 18.0. The minimum absolute atomic E-state index is 0.0613. The van der Waals surface area contributed by atoms with Crippen molar-refractivity contribution in [2.24, 2.45) is 11.7 Å². The first-order valence-corrected chi connectivity index (χ1v) is 9.17. The molecule has 3 aliphatic rings. The second kappa shape index (κ2) is 7.58. The predicted molar refractivity (Wildman–Crippen MR) is 102 cm³/mol. The van der Waals surface area contributed by atoms with Crippen LogP contribution in [-0.4, -0.2) is 49.0 Å². The molecule has 0 amide bonds. The van der Waals surface area contributed by atoms with E-state index in [2.05, 4.69) is 35.5 Å². The van der Waals surface area contributed by atoms with Gasteiger partial charge in [0.05, 0.1) is 11.6 Å². The Morgan fingerprint density at radius 2 is 2.36 bits per heavy atom. The summed E-state index contributed by atoms with van der Waals surface area (Å²) >= 11 is 0. The van der Waals surface area contributed by atoms with Gasteiger partial charge in [-0.1, -0.05) is 31.4 Å². The largest absolute Gasteiger partial charge is 0.387 e. The van der Waals surface area contributed by atoms with E-state index in [-0.39, 0.29) is 11.6 Å². The zero-order valence-electron chi connectivity index (χ0n) is 15.0. The second-order valence-electron chi connectivity index (χ2n) is 7.37. The van der Waals surface area contributed by atoms with Gasteiger partial charge in [-0.3, -0.25) is 0 Å². The Morgan fingerprint density at radius 3 is 3.04 bits per heavy atom. The van der Waals surface area contributed by atoms with Crippen LogP contribution in [0.15, 0.2) is 48.4 Å². The summed E-state index contributed by atoms with van der Waals surface area (Å²) in [6, 6.07) is 0.180.